The molecule has 0 bridgehead atoms. The van der Waals surface area contributed by atoms with Crippen LogP contribution in [-0.4, -0.2) is 17.7 Å². The van der Waals surface area contributed by atoms with Crippen molar-refractivity contribution in [2.75, 3.05) is 0 Å². The molecule has 0 aromatic carbocycles. The number of carbonyl (C=O) groups is 3. The van der Waals surface area contributed by atoms with Gasteiger partial charge < -0.3 is 0 Å². The molecule has 0 fully saturated rings. The molecule has 0 saturated heterocycles. The van der Waals surface area contributed by atoms with Gasteiger partial charge in [-0.25, -0.2) is 19.4 Å². The van der Waals surface area contributed by atoms with Crippen LogP contribution in [0.1, 0.15) is 46.5 Å². The van der Waals surface area contributed by atoms with E-state index < -0.39 is 17.9 Å². The third-order valence-electron chi connectivity index (χ3n) is 2.10. The Morgan fingerprint density at radius 2 is 1.69 bits per heavy atom. The Morgan fingerprint density at radius 1 is 1.06 bits per heavy atom. The number of hydrogen-bond acceptors (Lipinski definition) is 5. The minimum atomic E-state index is -0.834. The van der Waals surface area contributed by atoms with E-state index >= 15 is 0 Å². The van der Waals surface area contributed by atoms with Crippen LogP contribution in [0, 0.1) is 5.92 Å². The van der Waals surface area contributed by atoms with Gasteiger partial charge in [-0.2, -0.15) is 0 Å². The maximum atomic E-state index is 11.4. The first kappa shape index (κ1) is 14.6. The van der Waals surface area contributed by atoms with Gasteiger partial charge in [0.25, 0.3) is 0 Å². The fourth-order valence-corrected chi connectivity index (χ4v) is 1.16. The van der Waals surface area contributed by atoms with Crippen LogP contribution in [0.2, 0.25) is 0 Å². The summed E-state index contributed by atoms with van der Waals surface area (Å²) < 4.78 is 0. The minimum absolute atomic E-state index is 0.186. The minimum Gasteiger partial charge on any atom is -0.299 e. The number of carbonyl (C=O) groups excluding carboxylic acids is 3. The first-order valence-electron chi connectivity index (χ1n) is 5.50. The molecule has 0 heterocycles. The third-order valence-corrected chi connectivity index (χ3v) is 2.10. The van der Waals surface area contributed by atoms with Crippen molar-refractivity contribution in [1.29, 1.82) is 0 Å². The Morgan fingerprint density at radius 3 is 2.12 bits per heavy atom. The second-order valence-corrected chi connectivity index (χ2v) is 3.39. The van der Waals surface area contributed by atoms with E-state index in [2.05, 4.69) is 9.78 Å². The summed E-state index contributed by atoms with van der Waals surface area (Å²) in [5.74, 6) is -2.44. The summed E-state index contributed by atoms with van der Waals surface area (Å²) in [5, 5.41) is 0. The van der Waals surface area contributed by atoms with Crippen molar-refractivity contribution >= 4 is 17.7 Å². The van der Waals surface area contributed by atoms with E-state index in [0.29, 0.717) is 12.8 Å². The fraction of sp³-hybridized carbons (Fsp3) is 0.727. The molecule has 1 unspecified atom stereocenters. The summed E-state index contributed by atoms with van der Waals surface area (Å²) in [5.41, 5.74) is 0. The summed E-state index contributed by atoms with van der Waals surface area (Å²) in [6.07, 6.45) is 1.40. The van der Waals surface area contributed by atoms with Crippen molar-refractivity contribution in [3.05, 3.63) is 0 Å². The van der Waals surface area contributed by atoms with Crippen molar-refractivity contribution in [3.63, 3.8) is 0 Å². The quantitative estimate of drug-likeness (QED) is 0.395. The molecule has 5 heteroatoms. The van der Waals surface area contributed by atoms with Crippen LogP contribution in [0.5, 0.6) is 0 Å². The Bertz CT molecular complexity index is 259. The van der Waals surface area contributed by atoms with E-state index in [1.165, 1.54) is 0 Å². The molecule has 16 heavy (non-hydrogen) atoms. The zero-order chi connectivity index (χ0) is 12.6. The van der Waals surface area contributed by atoms with Crippen molar-refractivity contribution in [3.8, 4) is 0 Å². The molecule has 0 aromatic rings. The van der Waals surface area contributed by atoms with Gasteiger partial charge in [0, 0.05) is 12.8 Å². The lowest BCUT2D eigenvalue weighted by atomic mass is 10.00. The van der Waals surface area contributed by atoms with Gasteiger partial charge in [0.15, 0.2) is 0 Å². The molecular formula is C11H18O5. The lowest BCUT2D eigenvalue weighted by Crippen LogP contribution is -2.26. The topological polar surface area (TPSA) is 69.7 Å². The Labute approximate surface area is 95.0 Å². The number of rotatable bonds is 6. The normalized spacial score (nSPS) is 11.7. The van der Waals surface area contributed by atoms with Crippen molar-refractivity contribution in [2.45, 2.75) is 46.5 Å². The van der Waals surface area contributed by atoms with Crippen LogP contribution < -0.4 is 0 Å². The van der Waals surface area contributed by atoms with Gasteiger partial charge in [0.05, 0.1) is 0 Å². The van der Waals surface area contributed by atoms with Crippen LogP contribution >= 0.6 is 0 Å². The van der Waals surface area contributed by atoms with E-state index in [4.69, 9.17) is 0 Å². The highest BCUT2D eigenvalue weighted by atomic mass is 17.2. The van der Waals surface area contributed by atoms with Gasteiger partial charge in [-0.3, -0.25) is 4.79 Å². The van der Waals surface area contributed by atoms with E-state index in [1.807, 2.05) is 0 Å². The largest absolute Gasteiger partial charge is 0.365 e. The highest BCUT2D eigenvalue weighted by Gasteiger charge is 2.26. The van der Waals surface area contributed by atoms with E-state index in [0.717, 1.165) is 0 Å². The van der Waals surface area contributed by atoms with Crippen LogP contribution in [0.15, 0.2) is 0 Å². The lowest BCUT2D eigenvalue weighted by Gasteiger charge is -2.09. The summed E-state index contributed by atoms with van der Waals surface area (Å²) in [7, 11) is 0. The van der Waals surface area contributed by atoms with Crippen molar-refractivity contribution < 1.29 is 24.2 Å². The van der Waals surface area contributed by atoms with Crippen molar-refractivity contribution in [1.82, 2.24) is 0 Å². The van der Waals surface area contributed by atoms with E-state index in [-0.39, 0.29) is 18.6 Å². The molecule has 0 saturated carbocycles. The first-order chi connectivity index (χ1) is 7.56. The van der Waals surface area contributed by atoms with Gasteiger partial charge in [0.1, 0.15) is 11.7 Å². The molecule has 0 amide bonds. The molecule has 0 aromatic heterocycles. The smallest absolute Gasteiger partial charge is 0.299 e. The molecule has 0 radical (unpaired) electrons. The first-order valence-corrected chi connectivity index (χ1v) is 5.50. The third kappa shape index (κ3) is 4.91. The molecule has 0 aliphatic carbocycles. The second-order valence-electron chi connectivity index (χ2n) is 3.39. The Balaban J connectivity index is 4.12. The van der Waals surface area contributed by atoms with Gasteiger partial charge in [-0.15, -0.1) is 0 Å². The second kappa shape index (κ2) is 7.84. The Hall–Kier alpha value is -1.39. The average Bonchev–Trinajstić information content (AvgIpc) is 2.27. The molecule has 0 rings (SSSR count). The standard InChI is InChI=1S/C11H18O5/c1-4-7-10(13)15-16-11(14)8(5-2)9(12)6-3/h8H,4-7H2,1-3H3. The van der Waals surface area contributed by atoms with Crippen LogP contribution in [0.4, 0.5) is 0 Å². The number of hydrogen-bond donors (Lipinski definition) is 0. The highest BCUT2D eigenvalue weighted by Crippen LogP contribution is 2.09. The van der Waals surface area contributed by atoms with E-state index in [9.17, 15) is 14.4 Å². The van der Waals surface area contributed by atoms with Crippen LogP contribution in [0.25, 0.3) is 0 Å². The average molecular weight is 230 g/mol. The monoisotopic (exact) mass is 230 g/mol. The molecule has 92 valence electrons. The van der Waals surface area contributed by atoms with Crippen LogP contribution in [0.3, 0.4) is 0 Å². The predicted molar refractivity (Wildman–Crippen MR) is 56.2 cm³/mol. The predicted octanol–water partition coefficient (Wildman–Crippen LogP) is 1.79. The molecule has 1 atom stereocenters. The SMILES string of the molecule is CCCC(=O)OOC(=O)C(CC)C(=O)CC. The van der Waals surface area contributed by atoms with Gasteiger partial charge in [-0.1, -0.05) is 20.8 Å². The van der Waals surface area contributed by atoms with Gasteiger partial charge in [0.2, 0.25) is 0 Å². The van der Waals surface area contributed by atoms with Crippen molar-refractivity contribution in [2.24, 2.45) is 5.92 Å². The van der Waals surface area contributed by atoms with Gasteiger partial charge >= 0.3 is 11.9 Å². The maximum Gasteiger partial charge on any atom is 0.365 e. The molecular weight excluding hydrogens is 212 g/mol. The molecule has 0 spiro atoms. The summed E-state index contributed by atoms with van der Waals surface area (Å²) in [4.78, 5) is 42.2. The molecule has 5 nitrogen and oxygen atoms in total. The molecule has 0 aliphatic rings. The Kier molecular flexibility index (Phi) is 7.16. The van der Waals surface area contributed by atoms with Crippen LogP contribution in [-0.2, 0) is 24.2 Å². The maximum absolute atomic E-state index is 11.4. The summed E-state index contributed by atoms with van der Waals surface area (Å²) >= 11 is 0. The molecule has 0 aliphatic heterocycles. The van der Waals surface area contributed by atoms with E-state index in [1.54, 1.807) is 20.8 Å². The summed E-state index contributed by atoms with van der Waals surface area (Å²) in [6.45, 7) is 5.17. The highest BCUT2D eigenvalue weighted by molar-refractivity contribution is 5.98. The van der Waals surface area contributed by atoms with Gasteiger partial charge in [-0.05, 0) is 12.8 Å². The zero-order valence-electron chi connectivity index (χ0n) is 9.95. The fourth-order valence-electron chi connectivity index (χ4n) is 1.16. The molecule has 0 N–H and O–H groups in total. The summed E-state index contributed by atoms with van der Waals surface area (Å²) in [6, 6.07) is 0. The number of ketones is 1. The zero-order valence-corrected chi connectivity index (χ0v) is 9.95. The number of Topliss-reactive ketones (excluding diaryl/α,β-unsaturated/α-hetero) is 1. The lowest BCUT2D eigenvalue weighted by molar-refractivity contribution is -0.261.